The number of barbiturate groups is 1. The van der Waals surface area contributed by atoms with Crippen LogP contribution in [-0.2, 0) is 16.0 Å². The fraction of sp³-hybridized carbons (Fsp3) is 0.526. The van der Waals surface area contributed by atoms with E-state index < -0.39 is 23.3 Å². The molecule has 3 heterocycles. The average Bonchev–Trinajstić information content (AvgIpc) is 2.68. The number of hydrogen-bond donors (Lipinski definition) is 1. The summed E-state index contributed by atoms with van der Waals surface area (Å²) in [4.78, 5) is 45.7. The summed E-state index contributed by atoms with van der Waals surface area (Å²) in [6.07, 6.45) is 0.256. The SMILES string of the molecule is CCN1CCN2c3ccc(N)cc3CC3(C(=O)N(C)C(=O)N(C)C3=O)C2C1. The molecule has 2 fully saturated rings. The van der Waals surface area contributed by atoms with Crippen LogP contribution in [0.25, 0.3) is 0 Å². The Kier molecular flexibility index (Phi) is 3.92. The smallest absolute Gasteiger partial charge is 0.332 e. The van der Waals surface area contributed by atoms with Crippen LogP contribution >= 0.6 is 0 Å². The molecule has 144 valence electrons. The largest absolute Gasteiger partial charge is 0.399 e. The second-order valence-electron chi connectivity index (χ2n) is 7.65. The number of urea groups is 1. The number of likely N-dealkylation sites (N-methyl/N-ethyl adjacent to an activating group) is 1. The van der Waals surface area contributed by atoms with Gasteiger partial charge >= 0.3 is 6.03 Å². The van der Waals surface area contributed by atoms with Gasteiger partial charge in [-0.3, -0.25) is 24.3 Å². The Balaban J connectivity index is 1.91. The van der Waals surface area contributed by atoms with Crippen molar-refractivity contribution in [3.05, 3.63) is 23.8 Å². The number of nitrogen functional groups attached to an aromatic ring is 1. The van der Waals surface area contributed by atoms with Crippen LogP contribution in [0.3, 0.4) is 0 Å². The molecule has 3 aliphatic rings. The quantitative estimate of drug-likeness (QED) is 0.567. The molecular formula is C19H25N5O3. The highest BCUT2D eigenvalue weighted by molar-refractivity contribution is 6.20. The number of rotatable bonds is 1. The van der Waals surface area contributed by atoms with E-state index in [0.29, 0.717) is 12.2 Å². The molecule has 27 heavy (non-hydrogen) atoms. The van der Waals surface area contributed by atoms with E-state index in [0.717, 1.165) is 40.7 Å². The zero-order valence-corrected chi connectivity index (χ0v) is 15.9. The van der Waals surface area contributed by atoms with Crippen LogP contribution in [0.15, 0.2) is 18.2 Å². The standard InChI is InChI=1S/C19H25N5O3/c1-4-23-7-8-24-14-6-5-13(20)9-12(14)10-19(15(24)11-23)16(25)21(2)18(27)22(3)17(19)26/h5-6,9,15H,4,7-8,10-11,20H2,1-3H3. The molecule has 1 aromatic carbocycles. The Labute approximate surface area is 158 Å². The topological polar surface area (TPSA) is 90.2 Å². The third-order valence-corrected chi connectivity index (χ3v) is 6.31. The number of amides is 4. The van der Waals surface area contributed by atoms with Gasteiger partial charge in [-0.1, -0.05) is 6.92 Å². The van der Waals surface area contributed by atoms with Crippen LogP contribution in [0.4, 0.5) is 16.2 Å². The van der Waals surface area contributed by atoms with Crippen molar-refractivity contribution in [3.8, 4) is 0 Å². The number of imide groups is 2. The number of benzene rings is 1. The van der Waals surface area contributed by atoms with Gasteiger partial charge in [-0.25, -0.2) is 4.79 Å². The van der Waals surface area contributed by atoms with Crippen LogP contribution < -0.4 is 10.6 Å². The summed E-state index contributed by atoms with van der Waals surface area (Å²) in [5.74, 6) is -0.840. The van der Waals surface area contributed by atoms with Gasteiger partial charge in [0.05, 0.1) is 6.04 Å². The maximum Gasteiger partial charge on any atom is 0.332 e. The molecule has 1 atom stereocenters. The van der Waals surface area contributed by atoms with Crippen LogP contribution in [0, 0.1) is 5.41 Å². The molecule has 4 rings (SSSR count). The third-order valence-electron chi connectivity index (χ3n) is 6.31. The van der Waals surface area contributed by atoms with Gasteiger partial charge in [-0.05, 0) is 36.7 Å². The second kappa shape index (κ2) is 5.95. The fourth-order valence-corrected chi connectivity index (χ4v) is 4.81. The number of nitrogens with zero attached hydrogens (tertiary/aromatic N) is 4. The third kappa shape index (κ3) is 2.29. The van der Waals surface area contributed by atoms with E-state index in [-0.39, 0.29) is 12.5 Å². The molecule has 4 amide bonds. The summed E-state index contributed by atoms with van der Waals surface area (Å²) < 4.78 is 0. The molecule has 8 nitrogen and oxygen atoms in total. The van der Waals surface area contributed by atoms with Crippen LogP contribution in [0.1, 0.15) is 12.5 Å². The Morgan fingerprint density at radius 3 is 2.41 bits per heavy atom. The van der Waals surface area contributed by atoms with Gasteiger partial charge in [0.25, 0.3) is 0 Å². The molecule has 1 spiro atoms. The molecule has 3 aliphatic heterocycles. The lowest BCUT2D eigenvalue weighted by Gasteiger charge is -2.56. The van der Waals surface area contributed by atoms with Crippen molar-refractivity contribution in [3.63, 3.8) is 0 Å². The van der Waals surface area contributed by atoms with E-state index in [9.17, 15) is 14.4 Å². The molecule has 0 aromatic heterocycles. The van der Waals surface area contributed by atoms with Crippen LogP contribution in [0.2, 0.25) is 0 Å². The van der Waals surface area contributed by atoms with Gasteiger partial charge < -0.3 is 10.6 Å². The van der Waals surface area contributed by atoms with Crippen molar-refractivity contribution >= 4 is 29.2 Å². The van der Waals surface area contributed by atoms with E-state index >= 15 is 0 Å². The molecule has 8 heteroatoms. The lowest BCUT2D eigenvalue weighted by atomic mass is 9.67. The minimum Gasteiger partial charge on any atom is -0.399 e. The number of hydrogen-bond acceptors (Lipinski definition) is 6. The lowest BCUT2D eigenvalue weighted by molar-refractivity contribution is -0.160. The highest BCUT2D eigenvalue weighted by atomic mass is 16.2. The average molecular weight is 371 g/mol. The minimum absolute atomic E-state index is 0.256. The van der Waals surface area contributed by atoms with E-state index in [1.165, 1.54) is 14.1 Å². The van der Waals surface area contributed by atoms with Gasteiger partial charge in [0, 0.05) is 45.1 Å². The Hall–Kier alpha value is -2.61. The molecule has 2 N–H and O–H groups in total. The first-order valence-electron chi connectivity index (χ1n) is 9.29. The van der Waals surface area contributed by atoms with Gasteiger partial charge in [-0.15, -0.1) is 0 Å². The normalized spacial score (nSPS) is 25.1. The highest BCUT2D eigenvalue weighted by Crippen LogP contribution is 2.47. The van der Waals surface area contributed by atoms with Gasteiger partial charge in [0.1, 0.15) is 0 Å². The Morgan fingerprint density at radius 1 is 1.11 bits per heavy atom. The molecule has 0 aliphatic carbocycles. The molecular weight excluding hydrogens is 346 g/mol. The lowest BCUT2D eigenvalue weighted by Crippen LogP contribution is -2.74. The van der Waals surface area contributed by atoms with Crippen molar-refractivity contribution in [1.82, 2.24) is 14.7 Å². The predicted octanol–water partition coefficient (Wildman–Crippen LogP) is 0.372. The number of fused-ring (bicyclic) bond motifs is 4. The Morgan fingerprint density at radius 2 is 1.78 bits per heavy atom. The van der Waals surface area contributed by atoms with Crippen molar-refractivity contribution in [2.24, 2.45) is 5.41 Å². The second-order valence-corrected chi connectivity index (χ2v) is 7.65. The van der Waals surface area contributed by atoms with E-state index in [2.05, 4.69) is 16.7 Å². The number of piperazine rings is 1. The minimum atomic E-state index is -1.31. The summed E-state index contributed by atoms with van der Waals surface area (Å²) in [7, 11) is 2.91. The number of anilines is 2. The maximum absolute atomic E-state index is 13.4. The number of carbonyl (C=O) groups excluding carboxylic acids is 3. The van der Waals surface area contributed by atoms with E-state index in [1.54, 1.807) is 0 Å². The summed E-state index contributed by atoms with van der Waals surface area (Å²) >= 11 is 0. The maximum atomic E-state index is 13.4. The van der Waals surface area contributed by atoms with E-state index in [4.69, 9.17) is 5.73 Å². The molecule has 1 aromatic rings. The molecule has 0 saturated carbocycles. The molecule has 0 bridgehead atoms. The number of nitrogens with two attached hydrogens (primary N) is 1. The van der Waals surface area contributed by atoms with Gasteiger partial charge in [0.2, 0.25) is 11.8 Å². The Bertz CT molecular complexity index is 815. The fourth-order valence-electron chi connectivity index (χ4n) is 4.81. The molecule has 2 saturated heterocycles. The van der Waals surface area contributed by atoms with Crippen molar-refractivity contribution < 1.29 is 14.4 Å². The monoisotopic (exact) mass is 371 g/mol. The highest BCUT2D eigenvalue weighted by Gasteiger charge is 2.63. The number of carbonyl (C=O) groups is 3. The zero-order chi connectivity index (χ0) is 19.5. The van der Waals surface area contributed by atoms with Crippen molar-refractivity contribution in [2.75, 3.05) is 50.9 Å². The summed E-state index contributed by atoms with van der Waals surface area (Å²) in [5, 5.41) is 0. The van der Waals surface area contributed by atoms with Crippen molar-refractivity contribution in [2.45, 2.75) is 19.4 Å². The predicted molar refractivity (Wildman–Crippen MR) is 101 cm³/mol. The van der Waals surface area contributed by atoms with Gasteiger partial charge in [0.15, 0.2) is 5.41 Å². The molecule has 0 radical (unpaired) electrons. The zero-order valence-electron chi connectivity index (χ0n) is 15.9. The first-order chi connectivity index (χ1) is 12.8. The summed E-state index contributed by atoms with van der Waals surface area (Å²) in [5.41, 5.74) is 7.18. The summed E-state index contributed by atoms with van der Waals surface area (Å²) in [6.45, 7) is 5.11. The first-order valence-corrected chi connectivity index (χ1v) is 9.29. The van der Waals surface area contributed by atoms with Crippen molar-refractivity contribution in [1.29, 1.82) is 0 Å². The molecule has 1 unspecified atom stereocenters. The van der Waals surface area contributed by atoms with Gasteiger partial charge in [-0.2, -0.15) is 0 Å². The van der Waals surface area contributed by atoms with Crippen LogP contribution in [-0.4, -0.2) is 78.9 Å². The van der Waals surface area contributed by atoms with E-state index in [1.807, 2.05) is 18.2 Å². The van der Waals surface area contributed by atoms with Crippen LogP contribution in [0.5, 0.6) is 0 Å². The summed E-state index contributed by atoms with van der Waals surface area (Å²) in [6, 6.07) is 4.77. The first kappa shape index (κ1) is 17.8.